The van der Waals surface area contributed by atoms with Gasteiger partial charge in [-0.1, -0.05) is 17.3 Å². The largest absolute Gasteiger partial charge is 0.387 e. The summed E-state index contributed by atoms with van der Waals surface area (Å²) in [4.78, 5) is 21.5. The number of nitrogens with one attached hydrogen (secondary N) is 1. The predicted molar refractivity (Wildman–Crippen MR) is 113 cm³/mol. The summed E-state index contributed by atoms with van der Waals surface area (Å²) in [6, 6.07) is 5.16. The number of aryl methyl sites for hydroxylation is 1. The molecule has 1 aliphatic rings. The Bertz CT molecular complexity index is 1330. The van der Waals surface area contributed by atoms with Gasteiger partial charge in [0.05, 0.1) is 41.8 Å². The van der Waals surface area contributed by atoms with Crippen molar-refractivity contribution in [1.82, 2.24) is 24.7 Å². The van der Waals surface area contributed by atoms with Crippen LogP contribution in [0.4, 0.5) is 14.5 Å². The van der Waals surface area contributed by atoms with Crippen molar-refractivity contribution >= 4 is 17.1 Å². The van der Waals surface area contributed by atoms with E-state index in [0.29, 0.717) is 28.2 Å². The van der Waals surface area contributed by atoms with Crippen LogP contribution in [0.25, 0.3) is 16.9 Å². The van der Waals surface area contributed by atoms with Crippen molar-refractivity contribution in [2.75, 3.05) is 5.32 Å². The minimum Gasteiger partial charge on any atom is -0.387 e. The van der Waals surface area contributed by atoms with Crippen LogP contribution in [0.2, 0.25) is 0 Å². The number of aliphatic hydroxyl groups excluding tert-OH is 1. The van der Waals surface area contributed by atoms with Gasteiger partial charge in [0, 0.05) is 17.2 Å². The van der Waals surface area contributed by atoms with Gasteiger partial charge in [-0.25, -0.2) is 13.3 Å². The Morgan fingerprint density at radius 3 is 2.91 bits per heavy atom. The molecule has 11 heteroatoms. The predicted octanol–water partition coefficient (Wildman–Crippen LogP) is 3.39. The third-order valence-corrected chi connectivity index (χ3v) is 5.55. The minimum atomic E-state index is -2.91. The Hall–Kier alpha value is -3.73. The number of benzene rings is 1. The fourth-order valence-corrected chi connectivity index (χ4v) is 3.47. The van der Waals surface area contributed by atoms with Gasteiger partial charge in [0.25, 0.3) is 12.3 Å². The Balaban J connectivity index is 1.36. The number of aliphatic hydroxyl groups is 1. The fraction of sp³-hybridized carbons (Fsp3) is 0.318. The number of halogens is 2. The van der Waals surface area contributed by atoms with Gasteiger partial charge in [0.2, 0.25) is 11.7 Å². The molecule has 1 saturated carbocycles. The number of rotatable bonds is 7. The molecule has 3 aromatic heterocycles. The summed E-state index contributed by atoms with van der Waals surface area (Å²) in [5.41, 5.74) is 3.81. The SMILES string of the molecule is Cc1ccc(-c2noc(C[C@H](O)C(F)F)n2)cc1NC(=O)c1cnn2cc(C3CC3)ncc12. The molecule has 1 amide bonds. The quantitative estimate of drug-likeness (QED) is 0.439. The van der Waals surface area contributed by atoms with Gasteiger partial charge in [-0.05, 0) is 31.4 Å². The lowest BCUT2D eigenvalue weighted by molar-refractivity contribution is -0.00754. The van der Waals surface area contributed by atoms with Gasteiger partial charge in [-0.2, -0.15) is 10.1 Å². The normalized spacial score (nSPS) is 14.7. The van der Waals surface area contributed by atoms with Crippen LogP contribution in [0.15, 0.2) is 41.3 Å². The van der Waals surface area contributed by atoms with E-state index in [9.17, 15) is 18.7 Å². The third kappa shape index (κ3) is 4.31. The zero-order valence-electron chi connectivity index (χ0n) is 17.6. The average Bonchev–Trinajstić information content (AvgIpc) is 3.40. The third-order valence-electron chi connectivity index (χ3n) is 5.55. The Kier molecular flexibility index (Phi) is 5.33. The first kappa shape index (κ1) is 21.1. The first-order valence-corrected chi connectivity index (χ1v) is 10.4. The number of aromatic nitrogens is 5. The van der Waals surface area contributed by atoms with Crippen molar-refractivity contribution < 1.29 is 23.2 Å². The van der Waals surface area contributed by atoms with E-state index in [1.165, 1.54) is 6.20 Å². The van der Waals surface area contributed by atoms with Gasteiger partial charge in [-0.3, -0.25) is 9.78 Å². The highest BCUT2D eigenvalue weighted by molar-refractivity contribution is 6.09. The smallest absolute Gasteiger partial charge is 0.264 e. The number of alkyl halides is 2. The van der Waals surface area contributed by atoms with Crippen LogP contribution in [-0.2, 0) is 6.42 Å². The Morgan fingerprint density at radius 1 is 1.33 bits per heavy atom. The number of carbonyl (C=O) groups is 1. The number of fused-ring (bicyclic) bond motifs is 1. The van der Waals surface area contributed by atoms with Gasteiger partial charge >= 0.3 is 0 Å². The van der Waals surface area contributed by atoms with Crippen LogP contribution >= 0.6 is 0 Å². The van der Waals surface area contributed by atoms with Crippen molar-refractivity contribution in [3.8, 4) is 11.4 Å². The second-order valence-corrected chi connectivity index (χ2v) is 8.08. The number of anilines is 1. The van der Waals surface area contributed by atoms with Crippen molar-refractivity contribution in [1.29, 1.82) is 0 Å². The summed E-state index contributed by atoms with van der Waals surface area (Å²) in [5.74, 6) is 0.189. The van der Waals surface area contributed by atoms with Gasteiger partial charge in [0.15, 0.2) is 0 Å². The molecule has 33 heavy (non-hydrogen) atoms. The summed E-state index contributed by atoms with van der Waals surface area (Å²) in [6.07, 6.45) is 2.02. The monoisotopic (exact) mass is 454 g/mol. The first-order chi connectivity index (χ1) is 15.9. The molecule has 1 aromatic carbocycles. The molecule has 0 bridgehead atoms. The first-order valence-electron chi connectivity index (χ1n) is 10.4. The van der Waals surface area contributed by atoms with Crippen LogP contribution < -0.4 is 5.32 Å². The van der Waals surface area contributed by atoms with Gasteiger partial charge < -0.3 is 14.9 Å². The maximum absolute atomic E-state index is 13.0. The molecule has 0 radical (unpaired) electrons. The number of hydrogen-bond donors (Lipinski definition) is 2. The van der Waals surface area contributed by atoms with Crippen LogP contribution in [0.3, 0.4) is 0 Å². The minimum absolute atomic E-state index is 0.103. The fourth-order valence-electron chi connectivity index (χ4n) is 3.47. The number of nitrogens with zero attached hydrogens (tertiary/aromatic N) is 5. The van der Waals surface area contributed by atoms with E-state index in [0.717, 1.165) is 24.1 Å². The van der Waals surface area contributed by atoms with E-state index in [-0.39, 0.29) is 17.6 Å². The lowest BCUT2D eigenvalue weighted by Gasteiger charge is -2.09. The molecule has 1 fully saturated rings. The van der Waals surface area contributed by atoms with Gasteiger partial charge in [0.1, 0.15) is 6.10 Å². The van der Waals surface area contributed by atoms with Crippen molar-refractivity contribution in [3.63, 3.8) is 0 Å². The highest BCUT2D eigenvalue weighted by Crippen LogP contribution is 2.38. The molecule has 1 atom stereocenters. The molecule has 2 N–H and O–H groups in total. The topological polar surface area (TPSA) is 118 Å². The van der Waals surface area contributed by atoms with Crippen LogP contribution in [0.5, 0.6) is 0 Å². The van der Waals surface area contributed by atoms with E-state index in [2.05, 4.69) is 25.5 Å². The highest BCUT2D eigenvalue weighted by atomic mass is 19.3. The zero-order valence-corrected chi connectivity index (χ0v) is 17.6. The summed E-state index contributed by atoms with van der Waals surface area (Å²) in [7, 11) is 0. The van der Waals surface area contributed by atoms with Crippen molar-refractivity contribution in [2.45, 2.75) is 44.6 Å². The van der Waals surface area contributed by atoms with E-state index >= 15 is 0 Å². The molecular formula is C22H20F2N6O3. The molecule has 170 valence electrons. The molecule has 4 aromatic rings. The Morgan fingerprint density at radius 2 is 2.15 bits per heavy atom. The molecule has 0 aliphatic heterocycles. The Labute approximate surface area is 186 Å². The lowest BCUT2D eigenvalue weighted by Crippen LogP contribution is -2.20. The van der Waals surface area contributed by atoms with E-state index < -0.39 is 19.0 Å². The molecule has 0 unspecified atom stereocenters. The summed E-state index contributed by atoms with van der Waals surface area (Å²) < 4.78 is 31.7. The number of carbonyl (C=O) groups excluding carboxylic acids is 1. The summed E-state index contributed by atoms with van der Waals surface area (Å²) in [5, 5.41) is 20.3. The number of amides is 1. The lowest BCUT2D eigenvalue weighted by atomic mass is 10.1. The van der Waals surface area contributed by atoms with Crippen LogP contribution in [0.1, 0.15) is 46.3 Å². The standard InChI is InChI=1S/C22H20F2N6O3/c1-11-2-3-13(21-28-19(33-29-21)7-18(31)20(23)24)6-15(11)27-22(32)14-8-26-30-10-16(12-4-5-12)25-9-17(14)30/h2-3,6,8-10,12,18,20,31H,4-5,7H2,1H3,(H,27,32)/t18-/m0/s1. The molecular weight excluding hydrogens is 434 g/mol. The van der Waals surface area contributed by atoms with Crippen LogP contribution in [-0.4, -0.2) is 48.3 Å². The molecule has 0 saturated heterocycles. The highest BCUT2D eigenvalue weighted by Gasteiger charge is 2.26. The van der Waals surface area contributed by atoms with E-state index in [4.69, 9.17) is 4.52 Å². The molecule has 1 aliphatic carbocycles. The maximum Gasteiger partial charge on any atom is 0.264 e. The van der Waals surface area contributed by atoms with Crippen LogP contribution in [0, 0.1) is 6.92 Å². The summed E-state index contributed by atoms with van der Waals surface area (Å²) in [6.45, 7) is 1.83. The molecule has 0 spiro atoms. The molecule has 3 heterocycles. The van der Waals surface area contributed by atoms with Crippen molar-refractivity contribution in [3.05, 3.63) is 59.5 Å². The zero-order chi connectivity index (χ0) is 23.1. The number of hydrogen-bond acceptors (Lipinski definition) is 7. The maximum atomic E-state index is 13.0. The van der Waals surface area contributed by atoms with Gasteiger partial charge in [-0.15, -0.1) is 0 Å². The average molecular weight is 454 g/mol. The van der Waals surface area contributed by atoms with E-state index in [1.54, 1.807) is 28.9 Å². The second-order valence-electron chi connectivity index (χ2n) is 8.08. The molecule has 9 nitrogen and oxygen atoms in total. The second kappa shape index (κ2) is 8.32. The van der Waals surface area contributed by atoms with Crippen molar-refractivity contribution in [2.24, 2.45) is 0 Å². The molecule has 5 rings (SSSR count). The van der Waals surface area contributed by atoms with E-state index in [1.807, 2.05) is 13.1 Å². The summed E-state index contributed by atoms with van der Waals surface area (Å²) >= 11 is 0.